The second-order valence-electron chi connectivity index (χ2n) is 6.88. The number of para-hydroxylation sites is 1. The number of halogens is 3. The van der Waals surface area contributed by atoms with Gasteiger partial charge in [0.05, 0.1) is 11.3 Å². The molecule has 156 valence electrons. The van der Waals surface area contributed by atoms with Gasteiger partial charge < -0.3 is 10.2 Å². The second kappa shape index (κ2) is 8.09. The predicted octanol–water partition coefficient (Wildman–Crippen LogP) is 2.93. The third-order valence-electron chi connectivity index (χ3n) is 4.97. The van der Waals surface area contributed by atoms with Gasteiger partial charge >= 0.3 is 6.18 Å². The number of carbonyl (C=O) groups excluding carboxylic acids is 1. The van der Waals surface area contributed by atoms with Crippen LogP contribution in [0.3, 0.4) is 0 Å². The number of benzene rings is 1. The van der Waals surface area contributed by atoms with Crippen LogP contribution in [-0.2, 0) is 11.0 Å². The van der Waals surface area contributed by atoms with Gasteiger partial charge in [-0.25, -0.2) is 9.67 Å². The summed E-state index contributed by atoms with van der Waals surface area (Å²) in [5.74, 6) is 0.429. The lowest BCUT2D eigenvalue weighted by atomic mass is 9.95. The first-order chi connectivity index (χ1) is 14.4. The molecule has 3 heterocycles. The zero-order valence-electron chi connectivity index (χ0n) is 15.8. The molecule has 1 saturated heterocycles. The van der Waals surface area contributed by atoms with Crippen molar-refractivity contribution in [2.24, 2.45) is 5.92 Å². The van der Waals surface area contributed by atoms with Crippen molar-refractivity contribution in [3.05, 3.63) is 54.6 Å². The van der Waals surface area contributed by atoms with Crippen molar-refractivity contribution in [1.29, 1.82) is 0 Å². The molecule has 0 unspecified atom stereocenters. The second-order valence-corrected chi connectivity index (χ2v) is 6.88. The van der Waals surface area contributed by atoms with E-state index in [4.69, 9.17) is 0 Å². The number of rotatable bonds is 4. The molecular formula is C19H18F3N7O. The number of hydrogen-bond acceptors (Lipinski definition) is 6. The van der Waals surface area contributed by atoms with Crippen LogP contribution in [0.4, 0.5) is 24.7 Å². The molecule has 11 heteroatoms. The molecule has 1 N–H and O–H groups in total. The van der Waals surface area contributed by atoms with Crippen LogP contribution in [0.5, 0.6) is 0 Å². The molecular weight excluding hydrogens is 399 g/mol. The van der Waals surface area contributed by atoms with Gasteiger partial charge in [-0.1, -0.05) is 12.1 Å². The summed E-state index contributed by atoms with van der Waals surface area (Å²) in [5.41, 5.74) is -1.06. The number of nitrogens with one attached hydrogen (secondary N) is 1. The van der Waals surface area contributed by atoms with E-state index < -0.39 is 17.6 Å². The summed E-state index contributed by atoms with van der Waals surface area (Å²) in [4.78, 5) is 18.4. The van der Waals surface area contributed by atoms with E-state index in [0.717, 1.165) is 6.07 Å². The van der Waals surface area contributed by atoms with Gasteiger partial charge in [-0.2, -0.15) is 18.3 Å². The summed E-state index contributed by atoms with van der Waals surface area (Å²) in [6, 6.07) is 8.57. The van der Waals surface area contributed by atoms with Crippen LogP contribution in [0.25, 0.3) is 5.82 Å². The maximum absolute atomic E-state index is 13.1. The van der Waals surface area contributed by atoms with Crippen LogP contribution in [0.1, 0.15) is 18.4 Å². The Morgan fingerprint density at radius 3 is 2.37 bits per heavy atom. The van der Waals surface area contributed by atoms with E-state index in [1.807, 2.05) is 11.0 Å². The largest absolute Gasteiger partial charge is 0.418 e. The van der Waals surface area contributed by atoms with Crippen LogP contribution < -0.4 is 10.2 Å². The summed E-state index contributed by atoms with van der Waals surface area (Å²) < 4.78 is 40.8. The standard InChI is InChI=1S/C19H18F3N7O/c20-19(21,22)14-3-1-2-4-15(14)25-18(30)13-7-9-28(10-8-13)16-5-6-17(27-26-16)29-12-23-11-24-29/h1-6,11-13H,7-10H2,(H,25,30). The molecule has 2 aromatic heterocycles. The van der Waals surface area contributed by atoms with Crippen molar-refractivity contribution in [2.75, 3.05) is 23.3 Å². The van der Waals surface area contributed by atoms with Crippen molar-refractivity contribution < 1.29 is 18.0 Å². The summed E-state index contributed by atoms with van der Waals surface area (Å²) in [7, 11) is 0. The normalized spacial score (nSPS) is 15.2. The molecule has 1 amide bonds. The van der Waals surface area contributed by atoms with Gasteiger partial charge in [0, 0.05) is 19.0 Å². The number of aromatic nitrogens is 5. The lowest BCUT2D eigenvalue weighted by molar-refractivity contribution is -0.137. The molecule has 1 aliphatic rings. The zero-order chi connectivity index (χ0) is 21.1. The quantitative estimate of drug-likeness (QED) is 0.702. The van der Waals surface area contributed by atoms with Gasteiger partial charge in [-0.05, 0) is 37.1 Å². The monoisotopic (exact) mass is 417 g/mol. The Kier molecular flexibility index (Phi) is 5.34. The molecule has 1 fully saturated rings. The average molecular weight is 417 g/mol. The number of carbonyl (C=O) groups is 1. The third kappa shape index (κ3) is 4.24. The van der Waals surface area contributed by atoms with Crippen LogP contribution in [0, 0.1) is 5.92 Å². The van der Waals surface area contributed by atoms with Gasteiger partial charge in [0.2, 0.25) is 5.91 Å². The third-order valence-corrected chi connectivity index (χ3v) is 4.97. The number of nitrogens with zero attached hydrogens (tertiary/aromatic N) is 6. The number of alkyl halides is 3. The SMILES string of the molecule is O=C(Nc1ccccc1C(F)(F)F)C1CCN(c2ccc(-n3cncn3)nn2)CC1. The van der Waals surface area contributed by atoms with E-state index in [1.165, 1.54) is 35.5 Å². The first-order valence-electron chi connectivity index (χ1n) is 9.32. The van der Waals surface area contributed by atoms with Crippen molar-refractivity contribution in [2.45, 2.75) is 19.0 Å². The molecule has 0 radical (unpaired) electrons. The highest BCUT2D eigenvalue weighted by atomic mass is 19.4. The van der Waals surface area contributed by atoms with Gasteiger partial charge in [0.1, 0.15) is 12.7 Å². The van der Waals surface area contributed by atoms with Crippen molar-refractivity contribution in [1.82, 2.24) is 25.0 Å². The molecule has 0 atom stereocenters. The van der Waals surface area contributed by atoms with Gasteiger partial charge in [0.25, 0.3) is 0 Å². The van der Waals surface area contributed by atoms with Crippen LogP contribution in [-0.4, -0.2) is 44.0 Å². The highest BCUT2D eigenvalue weighted by Crippen LogP contribution is 2.35. The summed E-state index contributed by atoms with van der Waals surface area (Å²) in [6.07, 6.45) is -0.591. The maximum Gasteiger partial charge on any atom is 0.418 e. The Labute approximate surface area is 169 Å². The minimum atomic E-state index is -4.52. The highest BCUT2D eigenvalue weighted by molar-refractivity contribution is 5.93. The predicted molar refractivity (Wildman–Crippen MR) is 102 cm³/mol. The molecule has 0 saturated carbocycles. The Morgan fingerprint density at radius 2 is 1.73 bits per heavy atom. The van der Waals surface area contributed by atoms with Gasteiger partial charge in [0.15, 0.2) is 11.6 Å². The summed E-state index contributed by atoms with van der Waals surface area (Å²) >= 11 is 0. The molecule has 0 aliphatic carbocycles. The van der Waals surface area contributed by atoms with Crippen LogP contribution in [0.2, 0.25) is 0 Å². The molecule has 1 aliphatic heterocycles. The molecule has 0 bridgehead atoms. The fourth-order valence-electron chi connectivity index (χ4n) is 3.38. The molecule has 4 rings (SSSR count). The first kappa shape index (κ1) is 19.8. The molecule has 30 heavy (non-hydrogen) atoms. The highest BCUT2D eigenvalue weighted by Gasteiger charge is 2.34. The van der Waals surface area contributed by atoms with E-state index in [0.29, 0.717) is 37.6 Å². The lowest BCUT2D eigenvalue weighted by Crippen LogP contribution is -2.38. The van der Waals surface area contributed by atoms with Gasteiger partial charge in [-0.3, -0.25) is 4.79 Å². The fraction of sp³-hybridized carbons (Fsp3) is 0.316. The van der Waals surface area contributed by atoms with Crippen molar-refractivity contribution in [3.63, 3.8) is 0 Å². The average Bonchev–Trinajstić information content (AvgIpc) is 3.29. The van der Waals surface area contributed by atoms with E-state index >= 15 is 0 Å². The minimum absolute atomic E-state index is 0.216. The van der Waals surface area contributed by atoms with Gasteiger partial charge in [-0.15, -0.1) is 10.2 Å². The Bertz CT molecular complexity index is 998. The Hall–Kier alpha value is -3.50. The number of anilines is 2. The number of amides is 1. The summed E-state index contributed by atoms with van der Waals surface area (Å²) in [6.45, 7) is 1.10. The van der Waals surface area contributed by atoms with E-state index in [2.05, 4.69) is 25.6 Å². The van der Waals surface area contributed by atoms with Crippen molar-refractivity contribution >= 4 is 17.4 Å². The molecule has 0 spiro atoms. The van der Waals surface area contributed by atoms with Crippen LogP contribution >= 0.6 is 0 Å². The summed E-state index contributed by atoms with van der Waals surface area (Å²) in [5, 5.41) is 14.8. The maximum atomic E-state index is 13.1. The Morgan fingerprint density at radius 1 is 1.03 bits per heavy atom. The fourth-order valence-corrected chi connectivity index (χ4v) is 3.38. The van der Waals surface area contributed by atoms with Crippen molar-refractivity contribution in [3.8, 4) is 5.82 Å². The number of hydrogen-bond donors (Lipinski definition) is 1. The molecule has 8 nitrogen and oxygen atoms in total. The number of piperidine rings is 1. The molecule has 1 aromatic carbocycles. The zero-order valence-corrected chi connectivity index (χ0v) is 15.8. The van der Waals surface area contributed by atoms with Crippen LogP contribution in [0.15, 0.2) is 49.1 Å². The minimum Gasteiger partial charge on any atom is -0.355 e. The van der Waals surface area contributed by atoms with E-state index in [-0.39, 0.29) is 11.6 Å². The smallest absolute Gasteiger partial charge is 0.355 e. The Balaban J connectivity index is 1.36. The van der Waals surface area contributed by atoms with E-state index in [9.17, 15) is 18.0 Å². The topological polar surface area (TPSA) is 88.8 Å². The lowest BCUT2D eigenvalue weighted by Gasteiger charge is -2.32. The van der Waals surface area contributed by atoms with E-state index in [1.54, 1.807) is 6.07 Å². The molecule has 3 aromatic rings. The first-order valence-corrected chi connectivity index (χ1v) is 9.32.